The van der Waals surface area contributed by atoms with Gasteiger partial charge in [0.25, 0.3) is 0 Å². The number of hydrogen-bond donors (Lipinski definition) is 1. The van der Waals surface area contributed by atoms with Crippen molar-refractivity contribution in [1.82, 2.24) is 14.5 Å². The largest absolute Gasteiger partial charge is 0.507 e. The first-order valence-corrected chi connectivity index (χ1v) is 29.3. The Bertz CT molecular complexity index is 4100. The van der Waals surface area contributed by atoms with E-state index in [-0.39, 0.29) is 27.4 Å². The van der Waals surface area contributed by atoms with Crippen LogP contribution in [0.5, 0.6) is 5.75 Å². The predicted molar refractivity (Wildman–Crippen MR) is 331 cm³/mol. The Balaban J connectivity index is 0.941. The summed E-state index contributed by atoms with van der Waals surface area (Å²) >= 11 is 0. The molecule has 4 heteroatoms. The van der Waals surface area contributed by atoms with Gasteiger partial charge in [-0.25, -0.2) is 4.98 Å². The van der Waals surface area contributed by atoms with Gasteiger partial charge in [-0.3, -0.25) is 9.55 Å². The molecule has 14 rings (SSSR count). The third-order valence-electron chi connectivity index (χ3n) is 18.8. The normalized spacial score (nSPS) is 15.9. The molecule has 2 spiro atoms. The number of phenolic OH excluding ortho intramolecular Hbond substituents is 1. The van der Waals surface area contributed by atoms with E-state index in [4.69, 9.17) is 9.97 Å². The molecule has 0 aliphatic heterocycles. The maximum absolute atomic E-state index is 12.9. The van der Waals surface area contributed by atoms with Crippen LogP contribution >= 0.6 is 0 Å². The number of pyridine rings is 1. The summed E-state index contributed by atoms with van der Waals surface area (Å²) in [6.45, 7) is 20.3. The molecule has 0 unspecified atom stereocenters. The quantitative estimate of drug-likeness (QED) is 0.181. The van der Waals surface area contributed by atoms with Crippen molar-refractivity contribution in [3.8, 4) is 67.5 Å². The summed E-state index contributed by atoms with van der Waals surface area (Å²) in [7, 11) is 0. The van der Waals surface area contributed by atoms with Gasteiger partial charge in [-0.05, 0) is 205 Å². The smallest absolute Gasteiger partial charge is 0.149 e. The maximum atomic E-state index is 12.9. The van der Waals surface area contributed by atoms with E-state index in [0.29, 0.717) is 5.41 Å². The summed E-state index contributed by atoms with van der Waals surface area (Å²) in [5.41, 5.74) is 27.6. The number of para-hydroxylation sites is 1. The second-order valence-electron chi connectivity index (χ2n) is 27.8. The lowest BCUT2D eigenvalue weighted by Gasteiger charge is -2.27. The minimum atomic E-state index is -0.334. The molecule has 0 saturated carbocycles. The highest BCUT2D eigenvalue weighted by Gasteiger charge is 2.44. The number of imidazole rings is 1. The van der Waals surface area contributed by atoms with E-state index in [1.807, 2.05) is 6.20 Å². The molecule has 10 aromatic rings. The van der Waals surface area contributed by atoms with Crippen LogP contribution in [0.2, 0.25) is 0 Å². The molecule has 0 bridgehead atoms. The maximum Gasteiger partial charge on any atom is 0.149 e. The Hall–Kier alpha value is -7.82. The predicted octanol–water partition coefficient (Wildman–Crippen LogP) is 18.1. The second kappa shape index (κ2) is 18.1. The Labute approximate surface area is 473 Å². The molecule has 4 aliphatic carbocycles. The lowest BCUT2D eigenvalue weighted by Crippen LogP contribution is -2.21. The summed E-state index contributed by atoms with van der Waals surface area (Å²) in [5.74, 6) is 1.02. The van der Waals surface area contributed by atoms with Crippen LogP contribution in [0.25, 0.3) is 72.7 Å². The Morgan fingerprint density at radius 3 is 1.55 bits per heavy atom. The van der Waals surface area contributed by atoms with Crippen LogP contribution in [0, 0.1) is 10.8 Å². The zero-order chi connectivity index (χ0) is 55.1. The molecule has 4 aliphatic rings. The Morgan fingerprint density at radius 2 is 0.938 bits per heavy atom. The topological polar surface area (TPSA) is 50.9 Å². The minimum absolute atomic E-state index is 0.157. The van der Waals surface area contributed by atoms with Gasteiger partial charge in [0.1, 0.15) is 11.6 Å². The molecule has 0 fully saturated rings. The summed E-state index contributed by atoms with van der Waals surface area (Å²) < 4.78 is 2.40. The fourth-order valence-electron chi connectivity index (χ4n) is 14.7. The zero-order valence-electron chi connectivity index (χ0n) is 48.2. The lowest BCUT2D eigenvalue weighted by atomic mass is 9.79. The van der Waals surface area contributed by atoms with Crippen LogP contribution in [-0.2, 0) is 67.6 Å². The molecular formula is C76H73N3O. The average molecular weight is 1040 g/mol. The first-order valence-electron chi connectivity index (χ1n) is 29.3. The molecule has 0 atom stereocenters. The van der Waals surface area contributed by atoms with Crippen LogP contribution in [0.15, 0.2) is 176 Å². The highest BCUT2D eigenvalue weighted by molar-refractivity contribution is 5.98. The van der Waals surface area contributed by atoms with Gasteiger partial charge in [-0.2, -0.15) is 0 Å². The van der Waals surface area contributed by atoms with Gasteiger partial charge in [0.15, 0.2) is 0 Å². The number of aromatic hydroxyl groups is 1. The van der Waals surface area contributed by atoms with Gasteiger partial charge in [0, 0.05) is 28.5 Å². The molecule has 0 amide bonds. The molecule has 80 heavy (non-hydrogen) atoms. The molecule has 2 heterocycles. The van der Waals surface area contributed by atoms with Crippen LogP contribution in [0.3, 0.4) is 0 Å². The van der Waals surface area contributed by atoms with Gasteiger partial charge in [0.2, 0.25) is 0 Å². The van der Waals surface area contributed by atoms with Crippen molar-refractivity contribution >= 4 is 11.0 Å². The summed E-state index contributed by atoms with van der Waals surface area (Å²) in [6.07, 6.45) is 10.9. The van der Waals surface area contributed by atoms with Crippen LogP contribution in [-0.4, -0.2) is 19.6 Å². The van der Waals surface area contributed by atoms with Gasteiger partial charge in [0.05, 0.1) is 28.0 Å². The van der Waals surface area contributed by atoms with E-state index in [1.54, 1.807) is 0 Å². The van der Waals surface area contributed by atoms with Crippen molar-refractivity contribution < 1.29 is 5.11 Å². The Kier molecular flexibility index (Phi) is 11.4. The van der Waals surface area contributed by atoms with Crippen molar-refractivity contribution in [3.63, 3.8) is 0 Å². The monoisotopic (exact) mass is 1040 g/mol. The number of fused-ring (bicyclic) bond motifs is 5. The fourth-order valence-corrected chi connectivity index (χ4v) is 14.7. The first kappa shape index (κ1) is 50.4. The van der Waals surface area contributed by atoms with E-state index in [2.05, 4.69) is 237 Å². The molecular weight excluding hydrogens is 971 g/mol. The lowest BCUT2D eigenvalue weighted by molar-refractivity contribution is 0.326. The van der Waals surface area contributed by atoms with Gasteiger partial charge in [-0.15, -0.1) is 0 Å². The standard InChI is InChI=1S/C76H73N3O/c1-72(2,3)60-32-55(31-56(33-60)66-35-49(28-29-77-66)48-26-27-54-43-75(44-57(54)30-48)39-50-20-13-14-21-51(50)40-75)62-24-17-25-67-69(62)78-71(64-37-61(73(4,5)6)38-65(70(64)80)74(7,8)9)79(67)68-36-59-46-76(41-52-22-15-16-23-53(52)42-76)45-58(59)34-63(68)47-18-11-10-12-19-47/h10-38,80H,39-46H2,1-9H3. The molecule has 0 radical (unpaired) electrons. The van der Waals surface area contributed by atoms with Crippen LogP contribution < -0.4 is 0 Å². The van der Waals surface area contributed by atoms with Gasteiger partial charge >= 0.3 is 0 Å². The van der Waals surface area contributed by atoms with Gasteiger partial charge < -0.3 is 5.11 Å². The number of phenols is 1. The zero-order valence-corrected chi connectivity index (χ0v) is 48.2. The Morgan fingerprint density at radius 1 is 0.400 bits per heavy atom. The summed E-state index contributed by atoms with van der Waals surface area (Å²) in [6, 6.07) is 63.9. The highest BCUT2D eigenvalue weighted by Crippen LogP contribution is 2.52. The average Bonchev–Trinajstić information content (AvgIpc) is 4.39. The van der Waals surface area contributed by atoms with Crippen molar-refractivity contribution in [3.05, 3.63) is 237 Å². The molecule has 398 valence electrons. The molecule has 8 aromatic carbocycles. The van der Waals surface area contributed by atoms with Crippen molar-refractivity contribution in [2.45, 2.75) is 130 Å². The number of benzene rings is 8. The molecule has 1 N–H and O–H groups in total. The molecule has 4 nitrogen and oxygen atoms in total. The summed E-state index contributed by atoms with van der Waals surface area (Å²) in [4.78, 5) is 11.0. The minimum Gasteiger partial charge on any atom is -0.507 e. The third-order valence-corrected chi connectivity index (χ3v) is 18.8. The number of hydrogen-bond acceptors (Lipinski definition) is 3. The SMILES string of the molecule is CC(C)(C)c1cc(-c2cc(-c3ccc4c(c3)CC3(Cc5ccccc5C3)C4)ccn2)cc(-c2cccc3c2nc(-c2cc(C(C)(C)C)cc(C(C)(C)C)c2O)n3-c2cc3c(cc2-c2ccccc2)CC2(Cc4ccccc4C2)C3)c1. The molecule has 0 saturated heterocycles. The highest BCUT2D eigenvalue weighted by atomic mass is 16.3. The second-order valence-corrected chi connectivity index (χ2v) is 27.8. The first-order chi connectivity index (χ1) is 38.3. The van der Waals surface area contributed by atoms with Crippen LogP contribution in [0.1, 0.15) is 124 Å². The van der Waals surface area contributed by atoms with Crippen molar-refractivity contribution in [1.29, 1.82) is 0 Å². The summed E-state index contributed by atoms with van der Waals surface area (Å²) in [5, 5.41) is 12.9. The molecule has 2 aromatic heterocycles. The van der Waals surface area contributed by atoms with E-state index >= 15 is 0 Å². The van der Waals surface area contributed by atoms with Crippen molar-refractivity contribution in [2.24, 2.45) is 10.8 Å². The fraction of sp³-hybridized carbons (Fsp3) is 0.289. The van der Waals surface area contributed by atoms with E-state index in [0.717, 1.165) is 106 Å². The van der Waals surface area contributed by atoms with E-state index in [9.17, 15) is 5.11 Å². The van der Waals surface area contributed by atoms with E-state index < -0.39 is 0 Å². The van der Waals surface area contributed by atoms with E-state index in [1.165, 1.54) is 79.6 Å². The number of nitrogens with zero attached hydrogens (tertiary/aromatic N) is 3. The van der Waals surface area contributed by atoms with Crippen molar-refractivity contribution in [2.75, 3.05) is 0 Å². The van der Waals surface area contributed by atoms with Crippen LogP contribution in [0.4, 0.5) is 0 Å². The number of aromatic nitrogens is 3. The third kappa shape index (κ3) is 8.64. The number of rotatable bonds is 6. The van der Waals surface area contributed by atoms with Gasteiger partial charge in [-0.1, -0.05) is 184 Å².